The van der Waals surface area contributed by atoms with Crippen LogP contribution in [0.25, 0.3) is 0 Å². The van der Waals surface area contributed by atoms with Crippen molar-refractivity contribution in [2.45, 2.75) is 58.8 Å². The topological polar surface area (TPSA) is 38.8 Å². The van der Waals surface area contributed by atoms with Crippen molar-refractivity contribution in [3.63, 3.8) is 0 Å². The highest BCUT2D eigenvalue weighted by Crippen LogP contribution is 2.33. The molecule has 2 fully saturated rings. The third-order valence-corrected chi connectivity index (χ3v) is 3.58. The smallest absolute Gasteiger partial charge is 0.251 e. The van der Waals surface area contributed by atoms with E-state index in [0.29, 0.717) is 5.92 Å². The van der Waals surface area contributed by atoms with E-state index in [9.17, 15) is 4.79 Å². The third kappa shape index (κ3) is 2.80. The predicted octanol–water partition coefficient (Wildman–Crippen LogP) is 2.34. The first kappa shape index (κ1) is 12.8. The molecule has 0 spiro atoms. The molecular weight excluding hydrogens is 218 g/mol. The second-order valence-electron chi connectivity index (χ2n) is 5.54. The Labute approximate surface area is 103 Å². The summed E-state index contributed by atoms with van der Waals surface area (Å²) >= 11 is 0. The van der Waals surface area contributed by atoms with Crippen LogP contribution in [0.2, 0.25) is 0 Å². The second-order valence-corrected chi connectivity index (χ2v) is 5.54. The Morgan fingerprint density at radius 3 is 2.76 bits per heavy atom. The summed E-state index contributed by atoms with van der Waals surface area (Å²) in [6.45, 7) is 7.09. The molecule has 3 atom stereocenters. The van der Waals surface area contributed by atoms with Crippen LogP contribution in [0.1, 0.15) is 46.5 Å². The molecule has 0 N–H and O–H groups in total. The number of nitrogens with zero attached hydrogens (tertiary/aromatic N) is 1. The van der Waals surface area contributed by atoms with E-state index in [1.807, 2.05) is 0 Å². The first-order chi connectivity index (χ1) is 8.09. The van der Waals surface area contributed by atoms with Crippen molar-refractivity contribution >= 4 is 5.91 Å². The van der Waals surface area contributed by atoms with E-state index in [1.54, 1.807) is 0 Å². The summed E-state index contributed by atoms with van der Waals surface area (Å²) in [5.74, 6) is 0.818. The van der Waals surface area contributed by atoms with Crippen LogP contribution in [0.3, 0.4) is 0 Å². The number of hydrogen-bond donors (Lipinski definition) is 0. The molecule has 2 saturated heterocycles. The van der Waals surface area contributed by atoms with Gasteiger partial charge in [-0.15, -0.1) is 0 Å². The molecule has 0 aromatic heterocycles. The Hall–Kier alpha value is -0.610. The number of hydrogen-bond acceptors (Lipinski definition) is 3. The van der Waals surface area contributed by atoms with Crippen molar-refractivity contribution in [2.24, 2.45) is 11.8 Å². The van der Waals surface area contributed by atoms with Crippen LogP contribution in [0.5, 0.6) is 0 Å². The van der Waals surface area contributed by atoms with Gasteiger partial charge in [-0.05, 0) is 32.1 Å². The molecule has 2 aliphatic heterocycles. The van der Waals surface area contributed by atoms with E-state index in [-0.39, 0.29) is 24.2 Å². The molecule has 2 aliphatic rings. The minimum absolute atomic E-state index is 0.125. The average Bonchev–Trinajstić information content (AvgIpc) is 2.34. The summed E-state index contributed by atoms with van der Waals surface area (Å²) in [6, 6.07) is 0.190. The number of β-lactam (4-membered cyclic amide) rings is 1. The summed E-state index contributed by atoms with van der Waals surface area (Å²) in [5.41, 5.74) is 0. The fourth-order valence-corrected chi connectivity index (χ4v) is 2.53. The number of ether oxygens (including phenoxy) is 1. The highest BCUT2D eigenvalue weighted by Gasteiger charge is 2.46. The van der Waals surface area contributed by atoms with Gasteiger partial charge in [0.05, 0.1) is 12.0 Å². The molecule has 2 rings (SSSR count). The van der Waals surface area contributed by atoms with E-state index in [0.717, 1.165) is 32.3 Å². The molecule has 17 heavy (non-hydrogen) atoms. The summed E-state index contributed by atoms with van der Waals surface area (Å²) in [7, 11) is 0. The van der Waals surface area contributed by atoms with Gasteiger partial charge in [0, 0.05) is 13.0 Å². The molecule has 0 aromatic carbocycles. The molecule has 0 bridgehead atoms. The molecular formula is C13H23NO3. The molecule has 0 radical (unpaired) electrons. The van der Waals surface area contributed by atoms with Crippen LogP contribution in [0.4, 0.5) is 0 Å². The number of hydroxylamine groups is 2. The molecule has 0 aromatic rings. The number of carbonyl (C=O) groups excluding carboxylic acids is 1. The lowest BCUT2D eigenvalue weighted by Gasteiger charge is -2.46. The van der Waals surface area contributed by atoms with E-state index >= 15 is 0 Å². The van der Waals surface area contributed by atoms with Gasteiger partial charge in [-0.1, -0.05) is 13.8 Å². The summed E-state index contributed by atoms with van der Waals surface area (Å²) < 4.78 is 5.48. The monoisotopic (exact) mass is 241 g/mol. The number of rotatable bonds is 4. The van der Waals surface area contributed by atoms with Crippen molar-refractivity contribution in [1.82, 2.24) is 5.06 Å². The Kier molecular flexibility index (Phi) is 4.05. The van der Waals surface area contributed by atoms with Crippen LogP contribution in [0, 0.1) is 11.8 Å². The molecule has 2 heterocycles. The van der Waals surface area contributed by atoms with Crippen molar-refractivity contribution in [3.8, 4) is 0 Å². The van der Waals surface area contributed by atoms with E-state index in [1.165, 1.54) is 5.06 Å². The van der Waals surface area contributed by atoms with Crippen LogP contribution < -0.4 is 0 Å². The lowest BCUT2D eigenvalue weighted by molar-refractivity contribution is -0.317. The number of amides is 1. The first-order valence-corrected chi connectivity index (χ1v) is 6.71. The van der Waals surface area contributed by atoms with E-state index < -0.39 is 0 Å². The molecule has 3 unspecified atom stereocenters. The summed E-state index contributed by atoms with van der Waals surface area (Å²) in [5, 5.41) is 1.52. The molecule has 98 valence electrons. The average molecular weight is 241 g/mol. The fraction of sp³-hybridized carbons (Fsp3) is 0.923. The summed E-state index contributed by atoms with van der Waals surface area (Å²) in [6.07, 6.45) is 3.85. The first-order valence-electron chi connectivity index (χ1n) is 6.71. The van der Waals surface area contributed by atoms with Crippen molar-refractivity contribution in [1.29, 1.82) is 0 Å². The lowest BCUT2D eigenvalue weighted by atomic mass is 9.84. The quantitative estimate of drug-likeness (QED) is 0.709. The Morgan fingerprint density at radius 1 is 1.47 bits per heavy atom. The van der Waals surface area contributed by atoms with Gasteiger partial charge in [0.25, 0.3) is 5.91 Å². The molecule has 4 nitrogen and oxygen atoms in total. The molecule has 4 heteroatoms. The normalized spacial score (nSPS) is 34.0. The minimum Gasteiger partial charge on any atom is -0.350 e. The zero-order valence-corrected chi connectivity index (χ0v) is 11.0. The largest absolute Gasteiger partial charge is 0.350 e. The highest BCUT2D eigenvalue weighted by atomic mass is 16.8. The zero-order valence-electron chi connectivity index (χ0n) is 11.0. The van der Waals surface area contributed by atoms with Crippen LogP contribution in [0.15, 0.2) is 0 Å². The Bertz CT molecular complexity index is 274. The zero-order chi connectivity index (χ0) is 12.4. The van der Waals surface area contributed by atoms with Gasteiger partial charge in [0.2, 0.25) is 0 Å². The third-order valence-electron chi connectivity index (χ3n) is 3.58. The van der Waals surface area contributed by atoms with Gasteiger partial charge in [-0.25, -0.2) is 9.90 Å². The van der Waals surface area contributed by atoms with E-state index in [4.69, 9.17) is 9.57 Å². The lowest BCUT2D eigenvalue weighted by Crippen LogP contribution is -2.60. The van der Waals surface area contributed by atoms with Crippen molar-refractivity contribution < 1.29 is 14.4 Å². The van der Waals surface area contributed by atoms with Crippen LogP contribution in [-0.2, 0) is 14.4 Å². The standard InChI is InChI=1S/C13H23NO3/c1-9(2)8-11-10(3)14(13(11)15)17-12-6-4-5-7-16-12/h9-12H,4-8H2,1-3H3. The van der Waals surface area contributed by atoms with Gasteiger partial charge in [0.1, 0.15) is 0 Å². The molecule has 0 aliphatic carbocycles. The summed E-state index contributed by atoms with van der Waals surface area (Å²) in [4.78, 5) is 17.6. The Morgan fingerprint density at radius 2 is 2.24 bits per heavy atom. The van der Waals surface area contributed by atoms with Crippen LogP contribution >= 0.6 is 0 Å². The maximum atomic E-state index is 11.9. The van der Waals surface area contributed by atoms with Gasteiger partial charge in [-0.3, -0.25) is 4.79 Å². The maximum Gasteiger partial charge on any atom is 0.251 e. The minimum atomic E-state index is -0.213. The van der Waals surface area contributed by atoms with Crippen molar-refractivity contribution in [2.75, 3.05) is 6.61 Å². The predicted molar refractivity (Wildman–Crippen MR) is 63.9 cm³/mol. The second kappa shape index (κ2) is 5.36. The Balaban J connectivity index is 1.81. The molecule has 0 saturated carbocycles. The van der Waals surface area contributed by atoms with E-state index in [2.05, 4.69) is 20.8 Å². The highest BCUT2D eigenvalue weighted by molar-refractivity contribution is 5.84. The van der Waals surface area contributed by atoms with Gasteiger partial charge in [0.15, 0.2) is 6.29 Å². The van der Waals surface area contributed by atoms with Gasteiger partial charge >= 0.3 is 0 Å². The SMILES string of the molecule is CC(C)CC1C(=O)N(OC2CCCCO2)C1C. The molecule has 1 amide bonds. The maximum absolute atomic E-state index is 11.9. The number of carbonyl (C=O) groups is 1. The van der Waals surface area contributed by atoms with Gasteiger partial charge in [-0.2, -0.15) is 0 Å². The fourth-order valence-electron chi connectivity index (χ4n) is 2.53. The van der Waals surface area contributed by atoms with Crippen molar-refractivity contribution in [3.05, 3.63) is 0 Å². The van der Waals surface area contributed by atoms with Gasteiger partial charge < -0.3 is 4.74 Å². The van der Waals surface area contributed by atoms with Crippen LogP contribution in [-0.4, -0.2) is 29.9 Å².